The summed E-state index contributed by atoms with van der Waals surface area (Å²) in [6, 6.07) is 15.1. The quantitative estimate of drug-likeness (QED) is 0.687. The molecule has 1 N–H and O–H groups in total. The largest absolute Gasteiger partial charge is 0.497 e. The fraction of sp³-hybridized carbons (Fsp3) is 0.286. The molecule has 150 valence electrons. The number of hydrogen-bond acceptors (Lipinski definition) is 7. The number of para-hydroxylation sites is 2. The van der Waals surface area contributed by atoms with E-state index >= 15 is 0 Å². The van der Waals surface area contributed by atoms with E-state index in [0.717, 1.165) is 35.8 Å². The third-order valence-corrected chi connectivity index (χ3v) is 4.66. The summed E-state index contributed by atoms with van der Waals surface area (Å²) < 4.78 is 15.8. The molecule has 1 amide bonds. The lowest BCUT2D eigenvalue weighted by Crippen LogP contribution is -2.36. The van der Waals surface area contributed by atoms with Gasteiger partial charge in [0.05, 0.1) is 31.7 Å². The van der Waals surface area contributed by atoms with Crippen LogP contribution in [0.2, 0.25) is 0 Å². The Morgan fingerprint density at radius 1 is 1.14 bits per heavy atom. The molecule has 0 aliphatic carbocycles. The molecule has 1 aliphatic rings. The molecule has 1 saturated heterocycles. The summed E-state index contributed by atoms with van der Waals surface area (Å²) >= 11 is 0. The minimum absolute atomic E-state index is 0.000595. The number of anilines is 2. The Morgan fingerprint density at radius 3 is 2.66 bits per heavy atom. The molecule has 1 aromatic heterocycles. The summed E-state index contributed by atoms with van der Waals surface area (Å²) in [5, 5.41) is 6.92. The van der Waals surface area contributed by atoms with E-state index in [2.05, 4.69) is 20.4 Å². The van der Waals surface area contributed by atoms with Crippen LogP contribution >= 0.6 is 0 Å². The van der Waals surface area contributed by atoms with Gasteiger partial charge in [0.1, 0.15) is 12.2 Å². The van der Waals surface area contributed by atoms with Crippen molar-refractivity contribution in [1.29, 1.82) is 0 Å². The Labute approximate surface area is 168 Å². The first-order chi connectivity index (χ1) is 14.2. The highest BCUT2D eigenvalue weighted by atomic mass is 16.5. The average Bonchev–Trinajstić information content (AvgIpc) is 3.23. The summed E-state index contributed by atoms with van der Waals surface area (Å²) in [7, 11) is 1.61. The molecule has 1 aliphatic heterocycles. The molecule has 4 rings (SSSR count). The van der Waals surface area contributed by atoms with Crippen molar-refractivity contribution in [1.82, 2.24) is 10.1 Å². The standard InChI is InChI=1S/C21H22N4O4/c1-27-16-8-6-15(7-9-16)21-23-20(29-24-21)14-19(26)22-17-4-2-3-5-18(17)25-10-12-28-13-11-25/h2-9H,10-14H2,1H3,(H,22,26). The summed E-state index contributed by atoms with van der Waals surface area (Å²) in [4.78, 5) is 19.1. The zero-order valence-corrected chi connectivity index (χ0v) is 16.1. The highest BCUT2D eigenvalue weighted by Gasteiger charge is 2.17. The SMILES string of the molecule is COc1ccc(-c2noc(CC(=O)Nc3ccccc3N3CCOCC3)n2)cc1. The van der Waals surface area contributed by atoms with E-state index in [4.69, 9.17) is 14.0 Å². The molecule has 0 radical (unpaired) electrons. The number of carbonyl (C=O) groups is 1. The lowest BCUT2D eigenvalue weighted by Gasteiger charge is -2.30. The highest BCUT2D eigenvalue weighted by molar-refractivity contribution is 5.95. The second kappa shape index (κ2) is 8.74. The number of rotatable bonds is 6. The second-order valence-electron chi connectivity index (χ2n) is 6.58. The Balaban J connectivity index is 1.42. The van der Waals surface area contributed by atoms with Gasteiger partial charge in [-0.05, 0) is 36.4 Å². The van der Waals surface area contributed by atoms with Crippen LogP contribution in [0.3, 0.4) is 0 Å². The van der Waals surface area contributed by atoms with Crippen molar-refractivity contribution in [3.8, 4) is 17.1 Å². The van der Waals surface area contributed by atoms with Gasteiger partial charge in [0.25, 0.3) is 0 Å². The van der Waals surface area contributed by atoms with Crippen LogP contribution in [0.15, 0.2) is 53.1 Å². The van der Waals surface area contributed by atoms with E-state index in [9.17, 15) is 4.79 Å². The molecule has 0 saturated carbocycles. The fourth-order valence-electron chi connectivity index (χ4n) is 3.18. The lowest BCUT2D eigenvalue weighted by molar-refractivity contribution is -0.115. The summed E-state index contributed by atoms with van der Waals surface area (Å²) in [6.45, 7) is 2.94. The zero-order chi connectivity index (χ0) is 20.1. The molecule has 0 spiro atoms. The maximum atomic E-state index is 12.5. The second-order valence-corrected chi connectivity index (χ2v) is 6.58. The van der Waals surface area contributed by atoms with Crippen LogP contribution in [0, 0.1) is 0 Å². The first-order valence-electron chi connectivity index (χ1n) is 9.41. The number of ether oxygens (including phenoxy) is 2. The maximum absolute atomic E-state index is 12.5. The fourth-order valence-corrected chi connectivity index (χ4v) is 3.18. The molecule has 1 fully saturated rings. The van der Waals surface area contributed by atoms with Crippen LogP contribution in [0.1, 0.15) is 5.89 Å². The van der Waals surface area contributed by atoms with Gasteiger partial charge in [0.15, 0.2) is 0 Å². The number of nitrogens with one attached hydrogen (secondary N) is 1. The molecule has 29 heavy (non-hydrogen) atoms. The predicted molar refractivity (Wildman–Crippen MR) is 108 cm³/mol. The van der Waals surface area contributed by atoms with Crippen LogP contribution in [0.25, 0.3) is 11.4 Å². The average molecular weight is 394 g/mol. The number of amides is 1. The van der Waals surface area contributed by atoms with Gasteiger partial charge < -0.3 is 24.2 Å². The van der Waals surface area contributed by atoms with Crippen molar-refractivity contribution in [2.45, 2.75) is 6.42 Å². The van der Waals surface area contributed by atoms with E-state index in [1.165, 1.54) is 0 Å². The van der Waals surface area contributed by atoms with Gasteiger partial charge in [-0.25, -0.2) is 0 Å². The number of hydrogen-bond donors (Lipinski definition) is 1. The van der Waals surface area contributed by atoms with Gasteiger partial charge in [0, 0.05) is 18.7 Å². The predicted octanol–water partition coefficient (Wildman–Crippen LogP) is 2.76. The van der Waals surface area contributed by atoms with Gasteiger partial charge in [-0.2, -0.15) is 4.98 Å². The topological polar surface area (TPSA) is 89.7 Å². The number of carbonyl (C=O) groups excluding carboxylic acids is 1. The molecule has 2 aromatic carbocycles. The summed E-state index contributed by atoms with van der Waals surface area (Å²) in [5.74, 6) is 1.23. The van der Waals surface area contributed by atoms with Crippen molar-refractivity contribution in [3.63, 3.8) is 0 Å². The van der Waals surface area contributed by atoms with Crippen LogP contribution in [-0.4, -0.2) is 49.5 Å². The van der Waals surface area contributed by atoms with Crippen molar-refractivity contribution >= 4 is 17.3 Å². The molecule has 0 unspecified atom stereocenters. The number of aromatic nitrogens is 2. The third-order valence-electron chi connectivity index (χ3n) is 4.66. The maximum Gasteiger partial charge on any atom is 0.236 e. The van der Waals surface area contributed by atoms with E-state index in [1.54, 1.807) is 7.11 Å². The lowest BCUT2D eigenvalue weighted by atomic mass is 10.2. The van der Waals surface area contributed by atoms with E-state index in [1.807, 2.05) is 48.5 Å². The van der Waals surface area contributed by atoms with Gasteiger partial charge in [-0.15, -0.1) is 0 Å². The van der Waals surface area contributed by atoms with Gasteiger partial charge in [-0.3, -0.25) is 4.79 Å². The molecule has 8 heteroatoms. The molecule has 8 nitrogen and oxygen atoms in total. The molecule has 2 heterocycles. The van der Waals surface area contributed by atoms with Crippen LogP contribution in [0.4, 0.5) is 11.4 Å². The summed E-state index contributed by atoms with van der Waals surface area (Å²) in [6.07, 6.45) is 0.000595. The Morgan fingerprint density at radius 2 is 1.90 bits per heavy atom. The Hall–Kier alpha value is -3.39. The monoisotopic (exact) mass is 394 g/mol. The summed E-state index contributed by atoms with van der Waals surface area (Å²) in [5.41, 5.74) is 2.53. The number of benzene rings is 2. The van der Waals surface area contributed by atoms with E-state index in [0.29, 0.717) is 19.0 Å². The third kappa shape index (κ3) is 4.55. The van der Waals surface area contributed by atoms with E-state index < -0.39 is 0 Å². The minimum atomic E-state index is -0.212. The first kappa shape index (κ1) is 18.9. The van der Waals surface area contributed by atoms with Crippen LogP contribution in [0.5, 0.6) is 5.75 Å². The van der Waals surface area contributed by atoms with Crippen LogP contribution < -0.4 is 15.0 Å². The van der Waals surface area contributed by atoms with Gasteiger partial charge in [0.2, 0.25) is 17.6 Å². The number of morpholine rings is 1. The van der Waals surface area contributed by atoms with Gasteiger partial charge >= 0.3 is 0 Å². The van der Waals surface area contributed by atoms with Crippen molar-refractivity contribution in [2.24, 2.45) is 0 Å². The Kier molecular flexibility index (Phi) is 5.71. The van der Waals surface area contributed by atoms with Crippen LogP contribution in [-0.2, 0) is 16.0 Å². The van der Waals surface area contributed by atoms with E-state index in [-0.39, 0.29) is 18.2 Å². The highest BCUT2D eigenvalue weighted by Crippen LogP contribution is 2.26. The Bertz CT molecular complexity index is 965. The van der Waals surface area contributed by atoms with Crippen molar-refractivity contribution in [2.75, 3.05) is 43.6 Å². The smallest absolute Gasteiger partial charge is 0.236 e. The molecular weight excluding hydrogens is 372 g/mol. The molecule has 0 bridgehead atoms. The number of methoxy groups -OCH3 is 1. The first-order valence-corrected chi connectivity index (χ1v) is 9.41. The van der Waals surface area contributed by atoms with Crippen molar-refractivity contribution < 1.29 is 18.8 Å². The molecule has 3 aromatic rings. The van der Waals surface area contributed by atoms with Gasteiger partial charge in [-0.1, -0.05) is 17.3 Å². The van der Waals surface area contributed by atoms with Crippen molar-refractivity contribution in [3.05, 3.63) is 54.4 Å². The zero-order valence-electron chi connectivity index (χ0n) is 16.1. The minimum Gasteiger partial charge on any atom is -0.497 e. The molecular formula is C21H22N4O4. The normalized spacial score (nSPS) is 13.9. The molecule has 0 atom stereocenters. The number of nitrogens with zero attached hydrogens (tertiary/aromatic N) is 3.